The highest BCUT2D eigenvalue weighted by molar-refractivity contribution is 7.16. The van der Waals surface area contributed by atoms with Crippen molar-refractivity contribution < 1.29 is 14.0 Å². The fourth-order valence-corrected chi connectivity index (χ4v) is 4.38. The van der Waals surface area contributed by atoms with Crippen molar-refractivity contribution in [1.29, 1.82) is 0 Å². The van der Waals surface area contributed by atoms with Gasteiger partial charge in [0.25, 0.3) is 5.91 Å². The molecule has 5 nitrogen and oxygen atoms in total. The highest BCUT2D eigenvalue weighted by atomic mass is 35.5. The van der Waals surface area contributed by atoms with E-state index in [0.29, 0.717) is 21.9 Å². The maximum atomic E-state index is 13.5. The van der Waals surface area contributed by atoms with Crippen LogP contribution in [0.15, 0.2) is 24.4 Å². The van der Waals surface area contributed by atoms with Gasteiger partial charge in [-0.1, -0.05) is 11.6 Å². The Labute approximate surface area is 152 Å². The summed E-state index contributed by atoms with van der Waals surface area (Å²) in [6, 6.07) is 3.61. The van der Waals surface area contributed by atoms with E-state index < -0.39 is 11.9 Å². The van der Waals surface area contributed by atoms with Gasteiger partial charge in [-0.2, -0.15) is 0 Å². The molecule has 0 unspecified atom stereocenters. The largest absolute Gasteiger partial charge is 0.349 e. The summed E-state index contributed by atoms with van der Waals surface area (Å²) in [5.74, 6) is -0.936. The molecule has 2 fully saturated rings. The molecular weight excluding hydrogens is 365 g/mol. The van der Waals surface area contributed by atoms with Gasteiger partial charge in [0.2, 0.25) is 5.91 Å². The summed E-state index contributed by atoms with van der Waals surface area (Å²) in [5, 5.41) is 6.54. The Balaban J connectivity index is 1.48. The molecule has 0 radical (unpaired) electrons. The smallest absolute Gasteiger partial charge is 0.263 e. The van der Waals surface area contributed by atoms with Crippen molar-refractivity contribution in [3.8, 4) is 10.6 Å². The maximum absolute atomic E-state index is 13.5. The number of hydrogen-bond donors (Lipinski definition) is 2. The van der Waals surface area contributed by atoms with Crippen LogP contribution in [0.2, 0.25) is 5.02 Å². The molecule has 2 heterocycles. The zero-order valence-electron chi connectivity index (χ0n) is 13.1. The molecule has 1 aliphatic heterocycles. The number of halogens is 2. The molecule has 2 aliphatic rings. The van der Waals surface area contributed by atoms with Crippen LogP contribution >= 0.6 is 22.9 Å². The number of rotatable bonds is 3. The van der Waals surface area contributed by atoms with E-state index in [-0.39, 0.29) is 22.4 Å². The second-order valence-corrected chi connectivity index (χ2v) is 8.01. The first kappa shape index (κ1) is 16.5. The van der Waals surface area contributed by atoms with Gasteiger partial charge in [-0.3, -0.25) is 9.59 Å². The number of hydrogen-bond acceptors (Lipinski definition) is 4. The number of nitrogens with zero attached hydrogens (tertiary/aromatic N) is 1. The fraction of sp³-hybridized carbons (Fsp3) is 0.353. The molecule has 1 aromatic carbocycles. The molecule has 1 saturated heterocycles. The highest BCUT2D eigenvalue weighted by Gasteiger charge is 2.48. The first-order chi connectivity index (χ1) is 11.9. The maximum Gasteiger partial charge on any atom is 0.263 e. The van der Waals surface area contributed by atoms with Gasteiger partial charge in [0, 0.05) is 16.1 Å². The van der Waals surface area contributed by atoms with E-state index in [1.807, 2.05) is 0 Å². The van der Waals surface area contributed by atoms with Gasteiger partial charge in [-0.25, -0.2) is 9.37 Å². The standard InChI is InChI=1S/C17H15ClFN3O2S/c18-10-4-9(5-11(19)6-10)16-20-8-13(25-16)15(24)21-12-7-17(2-1-3-17)22-14(12)23/h4-6,8,12H,1-3,7H2,(H,21,24)(H,22,23)/t12-/m0/s1. The molecule has 2 N–H and O–H groups in total. The van der Waals surface area contributed by atoms with Gasteiger partial charge >= 0.3 is 0 Å². The zero-order valence-corrected chi connectivity index (χ0v) is 14.7. The molecule has 1 spiro atoms. The van der Waals surface area contributed by atoms with Gasteiger partial charge in [-0.05, 0) is 43.9 Å². The Morgan fingerprint density at radius 1 is 1.40 bits per heavy atom. The van der Waals surface area contributed by atoms with Crippen LogP contribution in [0.25, 0.3) is 10.6 Å². The molecule has 2 amide bonds. The van der Waals surface area contributed by atoms with Crippen LogP contribution in [-0.4, -0.2) is 28.4 Å². The van der Waals surface area contributed by atoms with Crippen LogP contribution in [-0.2, 0) is 4.79 Å². The van der Waals surface area contributed by atoms with Crippen LogP contribution in [0.3, 0.4) is 0 Å². The lowest BCUT2D eigenvalue weighted by atomic mass is 9.75. The van der Waals surface area contributed by atoms with Gasteiger partial charge in [0.15, 0.2) is 0 Å². The molecule has 1 aliphatic carbocycles. The molecule has 25 heavy (non-hydrogen) atoms. The predicted molar refractivity (Wildman–Crippen MR) is 93.1 cm³/mol. The Bertz CT molecular complexity index is 845. The topological polar surface area (TPSA) is 71.1 Å². The van der Waals surface area contributed by atoms with Crippen LogP contribution in [0.5, 0.6) is 0 Å². The van der Waals surface area contributed by atoms with Gasteiger partial charge in [0.1, 0.15) is 21.7 Å². The number of thiazole rings is 1. The number of aromatic nitrogens is 1. The Morgan fingerprint density at radius 2 is 2.20 bits per heavy atom. The summed E-state index contributed by atoms with van der Waals surface area (Å²) in [7, 11) is 0. The zero-order chi connectivity index (χ0) is 17.6. The Kier molecular flexibility index (Phi) is 4.00. The minimum atomic E-state index is -0.512. The number of benzene rings is 1. The molecular formula is C17H15ClFN3O2S. The van der Waals surface area contributed by atoms with Crippen LogP contribution in [0, 0.1) is 5.82 Å². The lowest BCUT2D eigenvalue weighted by Crippen LogP contribution is -2.47. The first-order valence-electron chi connectivity index (χ1n) is 7.99. The van der Waals surface area contributed by atoms with Crippen molar-refractivity contribution in [3.63, 3.8) is 0 Å². The van der Waals surface area contributed by atoms with E-state index in [1.54, 1.807) is 6.07 Å². The molecule has 0 bridgehead atoms. The fourth-order valence-electron chi connectivity index (χ4n) is 3.35. The monoisotopic (exact) mass is 379 g/mol. The summed E-state index contributed by atoms with van der Waals surface area (Å²) in [6.07, 6.45) is 5.10. The lowest BCUT2D eigenvalue weighted by molar-refractivity contribution is -0.121. The van der Waals surface area contributed by atoms with Crippen molar-refractivity contribution in [3.05, 3.63) is 40.1 Å². The minimum absolute atomic E-state index is 0.119. The van der Waals surface area contributed by atoms with E-state index in [1.165, 1.54) is 18.3 Å². The van der Waals surface area contributed by atoms with Gasteiger partial charge < -0.3 is 10.6 Å². The average molecular weight is 380 g/mol. The van der Waals surface area contributed by atoms with Crippen molar-refractivity contribution in [1.82, 2.24) is 15.6 Å². The number of nitrogens with one attached hydrogen (secondary N) is 2. The molecule has 1 aromatic heterocycles. The summed E-state index contributed by atoms with van der Waals surface area (Å²) < 4.78 is 13.5. The summed E-state index contributed by atoms with van der Waals surface area (Å²) >= 11 is 6.99. The average Bonchev–Trinajstić information content (AvgIpc) is 3.11. The summed E-state index contributed by atoms with van der Waals surface area (Å²) in [4.78, 5) is 29.0. The number of carbonyl (C=O) groups excluding carboxylic acids is 2. The Hall–Kier alpha value is -1.99. The molecule has 8 heteroatoms. The summed E-state index contributed by atoms with van der Waals surface area (Å²) in [6.45, 7) is 0. The lowest BCUT2D eigenvalue weighted by Gasteiger charge is -2.37. The molecule has 1 atom stereocenters. The Morgan fingerprint density at radius 3 is 2.84 bits per heavy atom. The van der Waals surface area contributed by atoms with E-state index >= 15 is 0 Å². The van der Waals surface area contributed by atoms with Crippen LogP contribution in [0.1, 0.15) is 35.4 Å². The second kappa shape index (κ2) is 6.07. The van der Waals surface area contributed by atoms with Crippen LogP contribution < -0.4 is 10.6 Å². The van der Waals surface area contributed by atoms with E-state index in [4.69, 9.17) is 11.6 Å². The molecule has 1 saturated carbocycles. The second-order valence-electron chi connectivity index (χ2n) is 6.54. The first-order valence-corrected chi connectivity index (χ1v) is 9.19. The van der Waals surface area contributed by atoms with Crippen LogP contribution in [0.4, 0.5) is 4.39 Å². The molecule has 2 aromatic rings. The summed E-state index contributed by atoms with van der Waals surface area (Å²) in [5.41, 5.74) is 0.396. The quantitative estimate of drug-likeness (QED) is 0.860. The normalized spacial score (nSPS) is 21.0. The van der Waals surface area contributed by atoms with E-state index in [0.717, 1.165) is 30.6 Å². The highest BCUT2D eigenvalue weighted by Crippen LogP contribution is 2.39. The predicted octanol–water partition coefficient (Wildman–Crippen LogP) is 3.14. The van der Waals surface area contributed by atoms with E-state index in [2.05, 4.69) is 15.6 Å². The van der Waals surface area contributed by atoms with Gasteiger partial charge in [0.05, 0.1) is 6.20 Å². The molecule has 130 valence electrons. The van der Waals surface area contributed by atoms with Crippen molar-refractivity contribution in [2.45, 2.75) is 37.3 Å². The third-order valence-electron chi connectivity index (χ3n) is 4.75. The van der Waals surface area contributed by atoms with Crippen molar-refractivity contribution in [2.75, 3.05) is 0 Å². The number of amides is 2. The third-order valence-corrected chi connectivity index (χ3v) is 6.02. The third kappa shape index (κ3) is 3.14. The van der Waals surface area contributed by atoms with Gasteiger partial charge in [-0.15, -0.1) is 11.3 Å². The van der Waals surface area contributed by atoms with Crippen molar-refractivity contribution >= 4 is 34.8 Å². The number of carbonyl (C=O) groups is 2. The minimum Gasteiger partial charge on any atom is -0.349 e. The SMILES string of the molecule is O=C(N[C@H]1CC2(CCC2)NC1=O)c1cnc(-c2cc(F)cc(Cl)c2)s1. The molecule has 4 rings (SSSR count). The van der Waals surface area contributed by atoms with E-state index in [9.17, 15) is 14.0 Å². The van der Waals surface area contributed by atoms with Crippen molar-refractivity contribution in [2.24, 2.45) is 0 Å².